The molecule has 0 saturated carbocycles. The Kier molecular flexibility index (Phi) is 5.63. The molecule has 106 valence electrons. The normalized spacial score (nSPS) is 10.7. The highest BCUT2D eigenvalue weighted by molar-refractivity contribution is 5.93. The number of benzene rings is 1. The van der Waals surface area contributed by atoms with Crippen molar-refractivity contribution in [3.8, 4) is 11.5 Å². The second kappa shape index (κ2) is 6.99. The van der Waals surface area contributed by atoms with Gasteiger partial charge in [0.25, 0.3) is 0 Å². The summed E-state index contributed by atoms with van der Waals surface area (Å²) in [5, 5.41) is 2.84. The van der Waals surface area contributed by atoms with Gasteiger partial charge in [-0.25, -0.2) is 0 Å². The third-order valence-electron chi connectivity index (χ3n) is 2.96. The molecule has 0 bridgehead atoms. The Bertz CT molecular complexity index is 433. The SMILES string of the molecule is COc1ccc(NC(=O)CN(C)C(C)C)c(OC)c1. The highest BCUT2D eigenvalue weighted by atomic mass is 16.5. The van der Waals surface area contributed by atoms with E-state index >= 15 is 0 Å². The molecule has 0 aliphatic carbocycles. The molecule has 0 fully saturated rings. The van der Waals surface area contributed by atoms with E-state index in [2.05, 4.69) is 5.32 Å². The smallest absolute Gasteiger partial charge is 0.238 e. The Morgan fingerprint density at radius 3 is 2.53 bits per heavy atom. The largest absolute Gasteiger partial charge is 0.497 e. The zero-order valence-electron chi connectivity index (χ0n) is 12.2. The van der Waals surface area contributed by atoms with Gasteiger partial charge >= 0.3 is 0 Å². The molecule has 0 saturated heterocycles. The molecule has 5 heteroatoms. The summed E-state index contributed by atoms with van der Waals surface area (Å²) in [6.07, 6.45) is 0. The van der Waals surface area contributed by atoms with E-state index < -0.39 is 0 Å². The minimum absolute atomic E-state index is 0.0698. The minimum atomic E-state index is -0.0698. The maximum atomic E-state index is 11.9. The molecule has 1 amide bonds. The molecular weight excluding hydrogens is 244 g/mol. The second-order valence-corrected chi connectivity index (χ2v) is 4.62. The lowest BCUT2D eigenvalue weighted by atomic mass is 10.2. The molecule has 0 spiro atoms. The van der Waals surface area contributed by atoms with E-state index in [9.17, 15) is 4.79 Å². The molecule has 0 aliphatic heterocycles. The van der Waals surface area contributed by atoms with Crippen molar-refractivity contribution >= 4 is 11.6 Å². The number of likely N-dealkylation sites (N-methyl/N-ethyl adjacent to an activating group) is 1. The minimum Gasteiger partial charge on any atom is -0.497 e. The van der Waals surface area contributed by atoms with Gasteiger partial charge in [0.2, 0.25) is 5.91 Å². The number of amides is 1. The summed E-state index contributed by atoms with van der Waals surface area (Å²) in [6.45, 7) is 4.43. The Labute approximate surface area is 114 Å². The van der Waals surface area contributed by atoms with Crippen molar-refractivity contribution in [2.75, 3.05) is 33.1 Å². The molecule has 0 aromatic heterocycles. The van der Waals surface area contributed by atoms with Crippen LogP contribution in [0.4, 0.5) is 5.69 Å². The van der Waals surface area contributed by atoms with Gasteiger partial charge in [0, 0.05) is 12.1 Å². The number of nitrogens with one attached hydrogen (secondary N) is 1. The number of nitrogens with zero attached hydrogens (tertiary/aromatic N) is 1. The van der Waals surface area contributed by atoms with E-state index in [0.29, 0.717) is 29.8 Å². The Hall–Kier alpha value is -1.75. The van der Waals surface area contributed by atoms with Gasteiger partial charge in [0.15, 0.2) is 0 Å². The first-order chi connectivity index (χ1) is 8.97. The van der Waals surface area contributed by atoms with Crippen LogP contribution in [0.2, 0.25) is 0 Å². The van der Waals surface area contributed by atoms with Gasteiger partial charge in [-0.05, 0) is 33.0 Å². The Morgan fingerprint density at radius 1 is 1.32 bits per heavy atom. The highest BCUT2D eigenvalue weighted by Gasteiger charge is 2.12. The molecule has 5 nitrogen and oxygen atoms in total. The monoisotopic (exact) mass is 266 g/mol. The molecule has 0 heterocycles. The third kappa shape index (κ3) is 4.44. The van der Waals surface area contributed by atoms with Crippen molar-refractivity contribution < 1.29 is 14.3 Å². The molecule has 0 aliphatic rings. The lowest BCUT2D eigenvalue weighted by Crippen LogP contribution is -2.34. The molecule has 1 N–H and O–H groups in total. The molecular formula is C14H22N2O3. The van der Waals surface area contributed by atoms with Crippen molar-refractivity contribution in [1.29, 1.82) is 0 Å². The van der Waals surface area contributed by atoms with Crippen LogP contribution in [0.1, 0.15) is 13.8 Å². The lowest BCUT2D eigenvalue weighted by Gasteiger charge is -2.20. The second-order valence-electron chi connectivity index (χ2n) is 4.62. The number of hydrogen-bond donors (Lipinski definition) is 1. The van der Waals surface area contributed by atoms with Crippen LogP contribution in [-0.4, -0.2) is 44.7 Å². The Morgan fingerprint density at radius 2 is 2.00 bits per heavy atom. The number of methoxy groups -OCH3 is 2. The average molecular weight is 266 g/mol. The first-order valence-electron chi connectivity index (χ1n) is 6.20. The topological polar surface area (TPSA) is 50.8 Å². The summed E-state index contributed by atoms with van der Waals surface area (Å²) in [7, 11) is 5.06. The van der Waals surface area contributed by atoms with Gasteiger partial charge in [0.05, 0.1) is 26.5 Å². The van der Waals surface area contributed by atoms with Crippen LogP contribution in [0.15, 0.2) is 18.2 Å². The molecule has 0 radical (unpaired) electrons. The predicted octanol–water partition coefficient (Wildman–Crippen LogP) is 1.98. The number of ether oxygens (including phenoxy) is 2. The van der Waals surface area contributed by atoms with Crippen LogP contribution in [0.3, 0.4) is 0 Å². The quantitative estimate of drug-likeness (QED) is 0.855. The predicted molar refractivity (Wildman–Crippen MR) is 75.9 cm³/mol. The van der Waals surface area contributed by atoms with E-state index in [4.69, 9.17) is 9.47 Å². The van der Waals surface area contributed by atoms with Crippen LogP contribution in [0.5, 0.6) is 11.5 Å². The maximum absolute atomic E-state index is 11.9. The molecule has 1 rings (SSSR count). The van der Waals surface area contributed by atoms with Crippen molar-refractivity contribution in [3.63, 3.8) is 0 Å². The van der Waals surface area contributed by atoms with Gasteiger partial charge in [0.1, 0.15) is 11.5 Å². The highest BCUT2D eigenvalue weighted by Crippen LogP contribution is 2.28. The van der Waals surface area contributed by atoms with Gasteiger partial charge < -0.3 is 14.8 Å². The lowest BCUT2D eigenvalue weighted by molar-refractivity contribution is -0.117. The molecule has 1 aromatic rings. The number of anilines is 1. The number of carbonyl (C=O) groups is 1. The van der Waals surface area contributed by atoms with E-state index in [1.165, 1.54) is 0 Å². The first-order valence-corrected chi connectivity index (χ1v) is 6.20. The van der Waals surface area contributed by atoms with Crippen LogP contribution in [-0.2, 0) is 4.79 Å². The number of rotatable bonds is 6. The molecule has 1 aromatic carbocycles. The van der Waals surface area contributed by atoms with Crippen molar-refractivity contribution in [1.82, 2.24) is 4.90 Å². The van der Waals surface area contributed by atoms with Gasteiger partial charge in [-0.15, -0.1) is 0 Å². The standard InChI is InChI=1S/C14H22N2O3/c1-10(2)16(3)9-14(17)15-12-7-6-11(18-4)8-13(12)19-5/h6-8,10H,9H2,1-5H3,(H,15,17). The summed E-state index contributed by atoms with van der Waals surface area (Å²) in [5.74, 6) is 1.20. The molecule has 19 heavy (non-hydrogen) atoms. The number of carbonyl (C=O) groups excluding carboxylic acids is 1. The fourth-order valence-electron chi connectivity index (χ4n) is 1.50. The third-order valence-corrected chi connectivity index (χ3v) is 2.96. The van der Waals surface area contributed by atoms with E-state index in [0.717, 1.165) is 0 Å². The summed E-state index contributed by atoms with van der Waals surface area (Å²) in [4.78, 5) is 13.9. The fourth-order valence-corrected chi connectivity index (χ4v) is 1.50. The number of hydrogen-bond acceptors (Lipinski definition) is 4. The van der Waals surface area contributed by atoms with Crippen molar-refractivity contribution in [2.24, 2.45) is 0 Å². The Balaban J connectivity index is 2.73. The first kappa shape index (κ1) is 15.3. The summed E-state index contributed by atoms with van der Waals surface area (Å²) >= 11 is 0. The summed E-state index contributed by atoms with van der Waals surface area (Å²) in [5.41, 5.74) is 0.644. The fraction of sp³-hybridized carbons (Fsp3) is 0.500. The summed E-state index contributed by atoms with van der Waals surface area (Å²) < 4.78 is 10.3. The molecule has 0 unspecified atom stereocenters. The van der Waals surface area contributed by atoms with Crippen LogP contribution < -0.4 is 14.8 Å². The van der Waals surface area contributed by atoms with Gasteiger partial charge in [-0.3, -0.25) is 9.69 Å². The van der Waals surface area contributed by atoms with Crippen LogP contribution in [0, 0.1) is 0 Å². The van der Waals surface area contributed by atoms with Gasteiger partial charge in [-0.1, -0.05) is 0 Å². The zero-order chi connectivity index (χ0) is 14.4. The van der Waals surface area contributed by atoms with E-state index in [1.807, 2.05) is 25.8 Å². The molecule has 0 atom stereocenters. The van der Waals surface area contributed by atoms with E-state index in [-0.39, 0.29) is 5.91 Å². The van der Waals surface area contributed by atoms with E-state index in [1.54, 1.807) is 32.4 Å². The van der Waals surface area contributed by atoms with Gasteiger partial charge in [-0.2, -0.15) is 0 Å². The summed E-state index contributed by atoms with van der Waals surface area (Å²) in [6, 6.07) is 5.61. The maximum Gasteiger partial charge on any atom is 0.238 e. The van der Waals surface area contributed by atoms with Crippen molar-refractivity contribution in [3.05, 3.63) is 18.2 Å². The average Bonchev–Trinajstić information content (AvgIpc) is 2.38. The van der Waals surface area contributed by atoms with Crippen LogP contribution >= 0.6 is 0 Å². The van der Waals surface area contributed by atoms with Crippen LogP contribution in [0.25, 0.3) is 0 Å². The van der Waals surface area contributed by atoms with Crippen molar-refractivity contribution in [2.45, 2.75) is 19.9 Å². The zero-order valence-corrected chi connectivity index (χ0v) is 12.2.